The van der Waals surface area contributed by atoms with Gasteiger partial charge in [0.05, 0.1) is 17.4 Å². The Balaban J connectivity index is 1.86. The highest BCUT2D eigenvalue weighted by Crippen LogP contribution is 2.17. The average Bonchev–Trinajstić information content (AvgIpc) is 2.83. The molecule has 3 rings (SSSR count). The van der Waals surface area contributed by atoms with Gasteiger partial charge in [-0.25, -0.2) is 4.98 Å². The van der Waals surface area contributed by atoms with Crippen molar-refractivity contribution in [3.05, 3.63) is 30.1 Å². The molecule has 1 aliphatic heterocycles. The second kappa shape index (κ2) is 5.25. The zero-order valence-corrected chi connectivity index (χ0v) is 12.0. The molecule has 106 valence electrons. The van der Waals surface area contributed by atoms with Crippen molar-refractivity contribution in [2.45, 2.75) is 19.4 Å². The smallest absolute Gasteiger partial charge is 0.254 e. The highest BCUT2D eigenvalue weighted by atomic mass is 16.2. The molecule has 1 aromatic carbocycles. The van der Waals surface area contributed by atoms with Crippen LogP contribution in [0.4, 0.5) is 0 Å². The molecular weight excluding hydrogens is 252 g/mol. The first-order valence-electron chi connectivity index (χ1n) is 7.08. The van der Waals surface area contributed by atoms with Gasteiger partial charge in [-0.2, -0.15) is 0 Å². The number of nitrogens with one attached hydrogen (secondary N) is 1. The molecule has 5 heteroatoms. The summed E-state index contributed by atoms with van der Waals surface area (Å²) in [5.74, 6) is 0.115. The predicted molar refractivity (Wildman–Crippen MR) is 78.7 cm³/mol. The number of likely N-dealkylation sites (N-methyl/N-ethyl adjacent to an activating group) is 1. The Morgan fingerprint density at radius 2 is 2.25 bits per heavy atom. The Bertz CT molecular complexity index is 621. The number of nitrogens with zero attached hydrogens (tertiary/aromatic N) is 3. The van der Waals surface area contributed by atoms with Gasteiger partial charge in [0.15, 0.2) is 0 Å². The van der Waals surface area contributed by atoms with E-state index in [1.807, 2.05) is 23.1 Å². The quantitative estimate of drug-likeness (QED) is 0.860. The summed E-state index contributed by atoms with van der Waals surface area (Å²) in [4.78, 5) is 24.2. The van der Waals surface area contributed by atoms with E-state index in [1.54, 1.807) is 6.33 Å². The molecular formula is C15H20N4O. The van der Waals surface area contributed by atoms with Gasteiger partial charge in [0.1, 0.15) is 0 Å². The van der Waals surface area contributed by atoms with Crippen molar-refractivity contribution in [3.63, 3.8) is 0 Å². The van der Waals surface area contributed by atoms with Gasteiger partial charge in [-0.1, -0.05) is 0 Å². The maximum atomic E-state index is 12.7. The largest absolute Gasteiger partial charge is 0.345 e. The first kappa shape index (κ1) is 13.1. The molecule has 0 saturated carbocycles. The second-order valence-electron chi connectivity index (χ2n) is 5.60. The normalized spacial score (nSPS) is 21.1. The minimum atomic E-state index is 0.115. The summed E-state index contributed by atoms with van der Waals surface area (Å²) < 4.78 is 0. The summed E-state index contributed by atoms with van der Waals surface area (Å²) in [6, 6.07) is 5.90. The fraction of sp³-hybridized carbons (Fsp3) is 0.467. The van der Waals surface area contributed by atoms with Gasteiger partial charge in [-0.3, -0.25) is 4.79 Å². The van der Waals surface area contributed by atoms with Gasteiger partial charge < -0.3 is 14.8 Å². The van der Waals surface area contributed by atoms with E-state index in [1.165, 1.54) is 0 Å². The number of fused-ring (bicyclic) bond motifs is 1. The number of rotatable bonds is 1. The molecule has 1 aromatic heterocycles. The fourth-order valence-electron chi connectivity index (χ4n) is 2.91. The molecule has 20 heavy (non-hydrogen) atoms. The Hall–Kier alpha value is -1.88. The molecule has 1 aliphatic rings. The molecule has 1 N–H and O–H groups in total. The molecule has 5 nitrogen and oxygen atoms in total. The highest BCUT2D eigenvalue weighted by molar-refractivity contribution is 5.97. The van der Waals surface area contributed by atoms with E-state index in [4.69, 9.17) is 0 Å². The minimum Gasteiger partial charge on any atom is -0.345 e. The van der Waals surface area contributed by atoms with Crippen molar-refractivity contribution in [3.8, 4) is 0 Å². The molecule has 0 aliphatic carbocycles. The first-order valence-corrected chi connectivity index (χ1v) is 7.08. The standard InChI is InChI=1S/C15H20N4O/c1-11-9-18(2)6-3-7-19(11)15(20)12-4-5-13-14(8-12)17-10-16-13/h4-5,8,10-11H,3,6-7,9H2,1-2H3,(H,16,17). The molecule has 0 spiro atoms. The molecule has 2 heterocycles. The topological polar surface area (TPSA) is 52.2 Å². The zero-order valence-electron chi connectivity index (χ0n) is 12.0. The minimum absolute atomic E-state index is 0.115. The van der Waals surface area contributed by atoms with E-state index >= 15 is 0 Å². The van der Waals surface area contributed by atoms with Crippen LogP contribution >= 0.6 is 0 Å². The molecule has 0 bridgehead atoms. The lowest BCUT2D eigenvalue weighted by molar-refractivity contribution is 0.0696. The Labute approximate surface area is 118 Å². The summed E-state index contributed by atoms with van der Waals surface area (Å²) in [5, 5.41) is 0. The Kier molecular flexibility index (Phi) is 3.44. The predicted octanol–water partition coefficient (Wildman–Crippen LogP) is 1.73. The van der Waals surface area contributed by atoms with Crippen molar-refractivity contribution in [2.75, 3.05) is 26.7 Å². The van der Waals surface area contributed by atoms with E-state index in [0.717, 1.165) is 42.7 Å². The Morgan fingerprint density at radius 3 is 3.10 bits per heavy atom. The number of carbonyl (C=O) groups is 1. The van der Waals surface area contributed by atoms with Gasteiger partial charge in [-0.05, 0) is 45.1 Å². The summed E-state index contributed by atoms with van der Waals surface area (Å²) in [6.07, 6.45) is 2.68. The Morgan fingerprint density at radius 1 is 1.40 bits per heavy atom. The van der Waals surface area contributed by atoms with Gasteiger partial charge in [0, 0.05) is 24.7 Å². The van der Waals surface area contributed by atoms with Gasteiger partial charge in [-0.15, -0.1) is 0 Å². The van der Waals surface area contributed by atoms with Gasteiger partial charge in [0.25, 0.3) is 5.91 Å². The van der Waals surface area contributed by atoms with E-state index in [-0.39, 0.29) is 11.9 Å². The molecule has 1 unspecified atom stereocenters. The van der Waals surface area contributed by atoms with Crippen molar-refractivity contribution in [2.24, 2.45) is 0 Å². The maximum Gasteiger partial charge on any atom is 0.254 e. The number of carbonyl (C=O) groups excluding carboxylic acids is 1. The number of benzene rings is 1. The van der Waals surface area contributed by atoms with Crippen LogP contribution in [0.25, 0.3) is 11.0 Å². The summed E-state index contributed by atoms with van der Waals surface area (Å²) >= 11 is 0. The number of hydrogen-bond acceptors (Lipinski definition) is 3. The summed E-state index contributed by atoms with van der Waals surface area (Å²) in [6.45, 7) is 4.92. The molecule has 1 fully saturated rings. The lowest BCUT2D eigenvalue weighted by Crippen LogP contribution is -2.41. The van der Waals surface area contributed by atoms with Crippen LogP contribution in [0.2, 0.25) is 0 Å². The van der Waals surface area contributed by atoms with Crippen molar-refractivity contribution >= 4 is 16.9 Å². The molecule has 0 radical (unpaired) electrons. The third-order valence-corrected chi connectivity index (χ3v) is 3.97. The third kappa shape index (κ3) is 2.41. The highest BCUT2D eigenvalue weighted by Gasteiger charge is 2.25. The monoisotopic (exact) mass is 272 g/mol. The number of aromatic nitrogens is 2. The maximum absolute atomic E-state index is 12.7. The third-order valence-electron chi connectivity index (χ3n) is 3.97. The summed E-state index contributed by atoms with van der Waals surface area (Å²) in [5.41, 5.74) is 2.54. The van der Waals surface area contributed by atoms with Gasteiger partial charge >= 0.3 is 0 Å². The van der Waals surface area contributed by atoms with Crippen LogP contribution in [-0.4, -0.2) is 58.4 Å². The first-order chi connectivity index (χ1) is 9.65. The van der Waals surface area contributed by atoms with E-state index in [2.05, 4.69) is 28.8 Å². The van der Waals surface area contributed by atoms with Crippen LogP contribution in [0.3, 0.4) is 0 Å². The number of H-pyrrole nitrogens is 1. The fourth-order valence-corrected chi connectivity index (χ4v) is 2.91. The van der Waals surface area contributed by atoms with Crippen LogP contribution in [0, 0.1) is 0 Å². The number of imidazole rings is 1. The van der Waals surface area contributed by atoms with Crippen LogP contribution in [0.15, 0.2) is 24.5 Å². The lowest BCUT2D eigenvalue weighted by atomic mass is 10.1. The number of aromatic amines is 1. The van der Waals surface area contributed by atoms with Crippen LogP contribution in [-0.2, 0) is 0 Å². The van der Waals surface area contributed by atoms with Crippen LogP contribution < -0.4 is 0 Å². The summed E-state index contributed by atoms with van der Waals surface area (Å²) in [7, 11) is 2.11. The van der Waals surface area contributed by atoms with E-state index in [0.29, 0.717) is 0 Å². The van der Waals surface area contributed by atoms with Crippen molar-refractivity contribution in [1.82, 2.24) is 19.8 Å². The van der Waals surface area contributed by atoms with Crippen molar-refractivity contribution < 1.29 is 4.79 Å². The molecule has 2 aromatic rings. The SMILES string of the molecule is CC1CN(C)CCCN1C(=O)c1ccc2nc[nH]c2c1. The van der Waals surface area contributed by atoms with E-state index in [9.17, 15) is 4.79 Å². The van der Waals surface area contributed by atoms with Gasteiger partial charge in [0.2, 0.25) is 0 Å². The molecule has 1 amide bonds. The second-order valence-corrected chi connectivity index (χ2v) is 5.60. The average molecular weight is 272 g/mol. The number of amides is 1. The van der Waals surface area contributed by atoms with Crippen molar-refractivity contribution in [1.29, 1.82) is 0 Å². The number of hydrogen-bond donors (Lipinski definition) is 1. The molecule has 1 atom stereocenters. The van der Waals surface area contributed by atoms with Crippen LogP contribution in [0.1, 0.15) is 23.7 Å². The zero-order chi connectivity index (χ0) is 14.1. The van der Waals surface area contributed by atoms with E-state index < -0.39 is 0 Å². The van der Waals surface area contributed by atoms with Crippen LogP contribution in [0.5, 0.6) is 0 Å². The lowest BCUT2D eigenvalue weighted by Gasteiger charge is -2.28. The molecule has 1 saturated heterocycles.